The number of hydrogen-bond donors (Lipinski definition) is 3. The zero-order chi connectivity index (χ0) is 14.8. The molecule has 1 atom stereocenters. The molecule has 0 saturated carbocycles. The minimum Gasteiger partial charge on any atom is -0.395 e. The van der Waals surface area contributed by atoms with Crippen molar-refractivity contribution < 1.29 is 15.3 Å². The van der Waals surface area contributed by atoms with Gasteiger partial charge in [-0.15, -0.1) is 11.8 Å². The van der Waals surface area contributed by atoms with Gasteiger partial charge in [0.1, 0.15) is 0 Å². The van der Waals surface area contributed by atoms with Crippen LogP contribution in [0.15, 0.2) is 29.2 Å². The Morgan fingerprint density at radius 1 is 1.05 bits per heavy atom. The zero-order valence-electron chi connectivity index (χ0n) is 12.0. The van der Waals surface area contributed by atoms with E-state index in [1.165, 1.54) is 4.90 Å². The lowest BCUT2D eigenvalue weighted by Gasteiger charge is -2.21. The molecular weight excluding hydrogens is 274 g/mol. The molecule has 20 heavy (non-hydrogen) atoms. The predicted octanol–water partition coefficient (Wildman–Crippen LogP) is 1.51. The quantitative estimate of drug-likeness (QED) is 0.572. The average molecular weight is 299 g/mol. The Morgan fingerprint density at radius 3 is 2.15 bits per heavy atom. The van der Waals surface area contributed by atoms with E-state index < -0.39 is 6.10 Å². The van der Waals surface area contributed by atoms with Gasteiger partial charge in [-0.3, -0.25) is 4.90 Å². The van der Waals surface area contributed by atoms with Gasteiger partial charge in [-0.1, -0.05) is 19.1 Å². The van der Waals surface area contributed by atoms with Crippen LogP contribution < -0.4 is 0 Å². The highest BCUT2D eigenvalue weighted by molar-refractivity contribution is 7.99. The summed E-state index contributed by atoms with van der Waals surface area (Å²) in [6, 6.07) is 7.99. The van der Waals surface area contributed by atoms with E-state index in [0.29, 0.717) is 26.1 Å². The largest absolute Gasteiger partial charge is 0.395 e. The topological polar surface area (TPSA) is 63.9 Å². The number of hydrogen-bond acceptors (Lipinski definition) is 5. The lowest BCUT2D eigenvalue weighted by atomic mass is 10.1. The smallest absolute Gasteiger partial charge is 0.0802 e. The Bertz CT molecular complexity index is 353. The van der Waals surface area contributed by atoms with Crippen molar-refractivity contribution in [2.75, 3.05) is 38.6 Å². The van der Waals surface area contributed by atoms with Crippen molar-refractivity contribution in [1.82, 2.24) is 4.90 Å². The number of nitrogens with zero attached hydrogens (tertiary/aromatic N) is 1. The summed E-state index contributed by atoms with van der Waals surface area (Å²) < 4.78 is 0. The highest BCUT2D eigenvalue weighted by Crippen LogP contribution is 2.22. The maximum atomic E-state index is 10.2. The molecule has 0 radical (unpaired) electrons. The second-order valence-corrected chi connectivity index (χ2v) is 5.93. The van der Waals surface area contributed by atoms with Crippen LogP contribution in [0.1, 0.15) is 25.0 Å². The molecule has 114 valence electrons. The molecule has 0 aliphatic carbocycles. The van der Waals surface area contributed by atoms with Crippen LogP contribution in [-0.2, 0) is 0 Å². The minimum absolute atomic E-state index is 0.0685. The average Bonchev–Trinajstić information content (AvgIpc) is 2.46. The fourth-order valence-corrected chi connectivity index (χ4v) is 2.70. The zero-order valence-corrected chi connectivity index (χ0v) is 12.9. The third-order valence-electron chi connectivity index (χ3n) is 3.13. The summed E-state index contributed by atoms with van der Waals surface area (Å²) >= 11 is 1.78. The van der Waals surface area contributed by atoms with E-state index in [2.05, 4.69) is 6.92 Å². The Balaban J connectivity index is 2.46. The van der Waals surface area contributed by atoms with Gasteiger partial charge in [0.15, 0.2) is 0 Å². The van der Waals surface area contributed by atoms with Gasteiger partial charge in [-0.05, 0) is 29.9 Å². The molecule has 1 unspecified atom stereocenters. The predicted molar refractivity (Wildman–Crippen MR) is 83.0 cm³/mol. The van der Waals surface area contributed by atoms with Crippen LogP contribution >= 0.6 is 11.8 Å². The molecule has 0 saturated heterocycles. The van der Waals surface area contributed by atoms with Gasteiger partial charge < -0.3 is 15.3 Å². The Hall–Kier alpha value is -0.590. The standard InChI is InChI=1S/C15H25NO3S/c1-2-20-14-5-3-13(4-6-14)15(19)7-8-16(9-11-17)10-12-18/h3-6,15,17-19H,2,7-12H2,1H3. The van der Waals surface area contributed by atoms with Crippen molar-refractivity contribution in [3.05, 3.63) is 29.8 Å². The molecule has 0 fully saturated rings. The number of benzene rings is 1. The summed E-state index contributed by atoms with van der Waals surface area (Å²) in [5.41, 5.74) is 0.915. The molecule has 5 heteroatoms. The minimum atomic E-state index is -0.504. The van der Waals surface area contributed by atoms with E-state index in [1.807, 2.05) is 29.2 Å². The van der Waals surface area contributed by atoms with E-state index in [0.717, 1.165) is 11.3 Å². The van der Waals surface area contributed by atoms with E-state index in [9.17, 15) is 5.11 Å². The first-order chi connectivity index (χ1) is 9.71. The van der Waals surface area contributed by atoms with Crippen molar-refractivity contribution >= 4 is 11.8 Å². The van der Waals surface area contributed by atoms with E-state index in [-0.39, 0.29) is 13.2 Å². The number of thioether (sulfide) groups is 1. The molecule has 0 aliphatic heterocycles. The second-order valence-electron chi connectivity index (χ2n) is 4.60. The second kappa shape index (κ2) is 10.2. The van der Waals surface area contributed by atoms with Gasteiger partial charge in [-0.2, -0.15) is 0 Å². The molecule has 3 N–H and O–H groups in total. The first kappa shape index (κ1) is 17.5. The lowest BCUT2D eigenvalue weighted by molar-refractivity contribution is 0.118. The van der Waals surface area contributed by atoms with Crippen LogP contribution in [0.5, 0.6) is 0 Å². The third kappa shape index (κ3) is 6.24. The van der Waals surface area contributed by atoms with Crippen LogP contribution in [0.4, 0.5) is 0 Å². The highest BCUT2D eigenvalue weighted by Gasteiger charge is 2.10. The maximum Gasteiger partial charge on any atom is 0.0802 e. The summed E-state index contributed by atoms with van der Waals surface area (Å²) in [6.07, 6.45) is 0.0934. The Morgan fingerprint density at radius 2 is 1.65 bits per heavy atom. The first-order valence-electron chi connectivity index (χ1n) is 7.06. The normalized spacial score (nSPS) is 12.8. The summed E-state index contributed by atoms with van der Waals surface area (Å²) in [6.45, 7) is 3.97. The SMILES string of the molecule is CCSc1ccc(C(O)CCN(CCO)CCO)cc1. The lowest BCUT2D eigenvalue weighted by Crippen LogP contribution is -2.31. The molecule has 0 aliphatic rings. The van der Waals surface area contributed by atoms with Crippen molar-refractivity contribution in [2.24, 2.45) is 0 Å². The summed E-state index contributed by atoms with van der Waals surface area (Å²) in [5.74, 6) is 1.04. The molecule has 0 amide bonds. The van der Waals surface area contributed by atoms with E-state index in [4.69, 9.17) is 10.2 Å². The monoisotopic (exact) mass is 299 g/mol. The summed E-state index contributed by atoms with van der Waals surface area (Å²) in [5, 5.41) is 28.0. The number of rotatable bonds is 10. The molecular formula is C15H25NO3S. The van der Waals surface area contributed by atoms with Gasteiger partial charge in [0.25, 0.3) is 0 Å². The highest BCUT2D eigenvalue weighted by atomic mass is 32.2. The number of aliphatic hydroxyl groups is 3. The molecule has 1 aromatic rings. The van der Waals surface area contributed by atoms with Crippen LogP contribution in [0.3, 0.4) is 0 Å². The van der Waals surface area contributed by atoms with E-state index in [1.54, 1.807) is 11.8 Å². The van der Waals surface area contributed by atoms with Crippen LogP contribution in [0.2, 0.25) is 0 Å². The molecule has 0 aromatic heterocycles. The molecule has 0 heterocycles. The van der Waals surface area contributed by atoms with Gasteiger partial charge in [0.05, 0.1) is 19.3 Å². The summed E-state index contributed by atoms with van der Waals surface area (Å²) in [7, 11) is 0. The number of aliphatic hydroxyl groups excluding tert-OH is 3. The molecule has 0 bridgehead atoms. The van der Waals surface area contributed by atoms with Crippen LogP contribution in [0, 0.1) is 0 Å². The summed E-state index contributed by atoms with van der Waals surface area (Å²) in [4.78, 5) is 3.16. The first-order valence-corrected chi connectivity index (χ1v) is 8.04. The van der Waals surface area contributed by atoms with Crippen molar-refractivity contribution in [3.63, 3.8) is 0 Å². The van der Waals surface area contributed by atoms with Crippen LogP contribution in [0.25, 0.3) is 0 Å². The Labute approximate surface area is 125 Å². The van der Waals surface area contributed by atoms with Gasteiger partial charge in [0, 0.05) is 24.5 Å². The third-order valence-corrected chi connectivity index (χ3v) is 4.02. The molecule has 0 spiro atoms. The van der Waals surface area contributed by atoms with Gasteiger partial charge in [-0.25, -0.2) is 0 Å². The van der Waals surface area contributed by atoms with Crippen molar-refractivity contribution in [2.45, 2.75) is 24.3 Å². The Kier molecular flexibility index (Phi) is 8.89. The van der Waals surface area contributed by atoms with E-state index >= 15 is 0 Å². The van der Waals surface area contributed by atoms with Crippen molar-refractivity contribution in [1.29, 1.82) is 0 Å². The fraction of sp³-hybridized carbons (Fsp3) is 0.600. The molecule has 4 nitrogen and oxygen atoms in total. The molecule has 1 aromatic carbocycles. The van der Waals surface area contributed by atoms with Crippen LogP contribution in [-0.4, -0.2) is 58.8 Å². The van der Waals surface area contributed by atoms with Crippen molar-refractivity contribution in [3.8, 4) is 0 Å². The maximum absolute atomic E-state index is 10.2. The van der Waals surface area contributed by atoms with Gasteiger partial charge >= 0.3 is 0 Å². The van der Waals surface area contributed by atoms with Gasteiger partial charge in [0.2, 0.25) is 0 Å². The molecule has 1 rings (SSSR count). The fourth-order valence-electron chi connectivity index (χ4n) is 2.04.